The van der Waals surface area contributed by atoms with E-state index in [1.165, 1.54) is 31.5 Å². The molecule has 0 aromatic heterocycles. The fourth-order valence-electron chi connectivity index (χ4n) is 2.22. The summed E-state index contributed by atoms with van der Waals surface area (Å²) in [6.45, 7) is 4.50. The van der Waals surface area contributed by atoms with Crippen LogP contribution in [0.2, 0.25) is 0 Å². The van der Waals surface area contributed by atoms with E-state index in [1.807, 2.05) is 6.07 Å². The van der Waals surface area contributed by atoms with Gasteiger partial charge in [-0.1, -0.05) is 42.5 Å². The van der Waals surface area contributed by atoms with Gasteiger partial charge in [0.05, 0.1) is 0 Å². The molecule has 1 heterocycles. The van der Waals surface area contributed by atoms with E-state index in [-0.39, 0.29) is 24.8 Å². The standard InChI is InChI=1S/C15H22N2.2ClH/c1-2-5-14(6-3-1)7-4-10-17-13-15-8-11-16-12-9-15;;/h1-7,15-17H,8-13H2;2*1H/p-2/b7-4+;;. The van der Waals surface area contributed by atoms with Crippen molar-refractivity contribution in [3.63, 3.8) is 0 Å². The van der Waals surface area contributed by atoms with Crippen LogP contribution < -0.4 is 35.4 Å². The van der Waals surface area contributed by atoms with E-state index in [1.54, 1.807) is 0 Å². The van der Waals surface area contributed by atoms with Gasteiger partial charge < -0.3 is 35.4 Å². The minimum atomic E-state index is 0. The minimum absolute atomic E-state index is 0. The summed E-state index contributed by atoms with van der Waals surface area (Å²) >= 11 is 0. The number of rotatable bonds is 5. The molecule has 0 bridgehead atoms. The Morgan fingerprint density at radius 1 is 1.11 bits per heavy atom. The van der Waals surface area contributed by atoms with Crippen molar-refractivity contribution >= 4 is 6.08 Å². The first-order chi connectivity index (χ1) is 8.45. The summed E-state index contributed by atoms with van der Waals surface area (Å²) in [6, 6.07) is 10.4. The van der Waals surface area contributed by atoms with Crippen molar-refractivity contribution in [2.45, 2.75) is 12.8 Å². The van der Waals surface area contributed by atoms with Gasteiger partial charge in [-0.25, -0.2) is 0 Å². The van der Waals surface area contributed by atoms with Gasteiger partial charge in [0.2, 0.25) is 0 Å². The molecule has 1 aromatic rings. The number of benzene rings is 1. The van der Waals surface area contributed by atoms with Gasteiger partial charge in [-0.05, 0) is 44.0 Å². The molecule has 4 heteroatoms. The Balaban J connectivity index is 0.00000162. The lowest BCUT2D eigenvalue weighted by atomic mass is 9.98. The van der Waals surface area contributed by atoms with E-state index in [2.05, 4.69) is 47.1 Å². The molecule has 108 valence electrons. The van der Waals surface area contributed by atoms with Crippen LogP contribution in [0.4, 0.5) is 0 Å². The van der Waals surface area contributed by atoms with Crippen LogP contribution >= 0.6 is 0 Å². The second-order valence-electron chi connectivity index (χ2n) is 4.66. The molecular weight excluding hydrogens is 279 g/mol. The van der Waals surface area contributed by atoms with E-state index in [9.17, 15) is 0 Å². The van der Waals surface area contributed by atoms with Crippen LogP contribution in [-0.4, -0.2) is 26.2 Å². The number of hydrogen-bond acceptors (Lipinski definition) is 2. The Morgan fingerprint density at radius 3 is 2.47 bits per heavy atom. The van der Waals surface area contributed by atoms with Crippen molar-refractivity contribution in [2.75, 3.05) is 26.2 Å². The average Bonchev–Trinajstić information content (AvgIpc) is 2.41. The fourth-order valence-corrected chi connectivity index (χ4v) is 2.22. The first kappa shape index (κ1) is 18.5. The van der Waals surface area contributed by atoms with Crippen molar-refractivity contribution in [3.8, 4) is 0 Å². The van der Waals surface area contributed by atoms with Crippen LogP contribution in [0.25, 0.3) is 6.08 Å². The van der Waals surface area contributed by atoms with E-state index in [4.69, 9.17) is 0 Å². The van der Waals surface area contributed by atoms with Gasteiger partial charge in [-0.3, -0.25) is 0 Å². The monoisotopic (exact) mass is 300 g/mol. The highest BCUT2D eigenvalue weighted by Crippen LogP contribution is 2.09. The molecule has 1 aliphatic heterocycles. The number of nitrogens with one attached hydrogen (secondary N) is 2. The lowest BCUT2D eigenvalue weighted by molar-refractivity contribution is -0.001000. The molecule has 2 rings (SSSR count). The van der Waals surface area contributed by atoms with E-state index in [0.717, 1.165) is 19.0 Å². The van der Waals surface area contributed by atoms with Crippen molar-refractivity contribution in [3.05, 3.63) is 42.0 Å². The Hall–Kier alpha value is -0.540. The van der Waals surface area contributed by atoms with Crippen LogP contribution in [0.1, 0.15) is 18.4 Å². The lowest BCUT2D eigenvalue weighted by Crippen LogP contribution is -3.00. The van der Waals surface area contributed by atoms with Crippen molar-refractivity contribution in [1.82, 2.24) is 10.6 Å². The Morgan fingerprint density at radius 2 is 1.79 bits per heavy atom. The third-order valence-electron chi connectivity index (χ3n) is 3.26. The van der Waals surface area contributed by atoms with E-state index in [0.29, 0.717) is 0 Å². The molecule has 0 aliphatic carbocycles. The topological polar surface area (TPSA) is 24.1 Å². The molecule has 0 atom stereocenters. The SMILES string of the molecule is C(=C\c1ccccc1)/CNCC1CCNCC1.[Cl-].[Cl-]. The van der Waals surface area contributed by atoms with Gasteiger partial charge in [-0.2, -0.15) is 0 Å². The highest BCUT2D eigenvalue weighted by atomic mass is 35.5. The largest absolute Gasteiger partial charge is 1.00 e. The van der Waals surface area contributed by atoms with Gasteiger partial charge in [0.15, 0.2) is 0 Å². The highest BCUT2D eigenvalue weighted by molar-refractivity contribution is 5.48. The fraction of sp³-hybridized carbons (Fsp3) is 0.467. The highest BCUT2D eigenvalue weighted by Gasteiger charge is 2.11. The van der Waals surface area contributed by atoms with Crippen LogP contribution in [0.5, 0.6) is 0 Å². The summed E-state index contributed by atoms with van der Waals surface area (Å²) < 4.78 is 0. The number of halogens is 2. The molecule has 19 heavy (non-hydrogen) atoms. The second-order valence-corrected chi connectivity index (χ2v) is 4.66. The molecule has 0 unspecified atom stereocenters. The summed E-state index contributed by atoms with van der Waals surface area (Å²) in [5.74, 6) is 0.862. The van der Waals surface area contributed by atoms with Gasteiger partial charge in [0.1, 0.15) is 0 Å². The summed E-state index contributed by atoms with van der Waals surface area (Å²) in [5.41, 5.74) is 1.27. The zero-order valence-corrected chi connectivity index (χ0v) is 12.6. The van der Waals surface area contributed by atoms with Crippen LogP contribution in [0.3, 0.4) is 0 Å². The summed E-state index contributed by atoms with van der Waals surface area (Å²) in [7, 11) is 0. The Kier molecular flexibility index (Phi) is 11.0. The van der Waals surface area contributed by atoms with Gasteiger partial charge >= 0.3 is 0 Å². The maximum absolute atomic E-state index is 3.51. The minimum Gasteiger partial charge on any atom is -1.00 e. The van der Waals surface area contributed by atoms with E-state index >= 15 is 0 Å². The predicted octanol–water partition coefficient (Wildman–Crippen LogP) is -3.70. The molecule has 0 amide bonds. The number of piperidine rings is 1. The van der Waals surface area contributed by atoms with Gasteiger partial charge in [-0.15, -0.1) is 0 Å². The zero-order valence-electron chi connectivity index (χ0n) is 11.1. The molecular formula is C15H22Cl2N2-2. The molecule has 0 saturated carbocycles. The van der Waals surface area contributed by atoms with Crippen LogP contribution in [-0.2, 0) is 0 Å². The molecule has 1 fully saturated rings. The maximum atomic E-state index is 3.51. The van der Waals surface area contributed by atoms with Gasteiger partial charge in [0.25, 0.3) is 0 Å². The van der Waals surface area contributed by atoms with Crippen LogP contribution in [0, 0.1) is 5.92 Å². The third kappa shape index (κ3) is 7.58. The molecule has 1 aliphatic rings. The Labute approximate surface area is 128 Å². The summed E-state index contributed by atoms with van der Waals surface area (Å²) in [4.78, 5) is 0. The van der Waals surface area contributed by atoms with Crippen molar-refractivity contribution in [1.29, 1.82) is 0 Å². The quantitative estimate of drug-likeness (QED) is 0.547. The summed E-state index contributed by atoms with van der Waals surface area (Å²) in [5, 5.41) is 6.91. The van der Waals surface area contributed by atoms with E-state index < -0.39 is 0 Å². The average molecular weight is 301 g/mol. The van der Waals surface area contributed by atoms with Crippen molar-refractivity contribution in [2.24, 2.45) is 5.92 Å². The summed E-state index contributed by atoms with van der Waals surface area (Å²) in [6.07, 6.45) is 7.01. The smallest absolute Gasteiger partial charge is 0.0138 e. The lowest BCUT2D eigenvalue weighted by Gasteiger charge is -2.22. The van der Waals surface area contributed by atoms with Crippen LogP contribution in [0.15, 0.2) is 36.4 Å². The molecule has 1 aromatic carbocycles. The molecule has 0 spiro atoms. The third-order valence-corrected chi connectivity index (χ3v) is 3.26. The maximum Gasteiger partial charge on any atom is 0.0138 e. The van der Waals surface area contributed by atoms with Crippen molar-refractivity contribution < 1.29 is 24.8 Å². The van der Waals surface area contributed by atoms with Gasteiger partial charge in [0, 0.05) is 6.54 Å². The first-order valence-corrected chi connectivity index (χ1v) is 6.58. The normalized spacial score (nSPS) is 15.8. The number of hydrogen-bond donors (Lipinski definition) is 2. The Bertz CT molecular complexity index is 335. The molecule has 1 saturated heterocycles. The second kappa shape index (κ2) is 11.3. The molecule has 2 nitrogen and oxygen atoms in total. The zero-order chi connectivity index (χ0) is 11.8. The first-order valence-electron chi connectivity index (χ1n) is 6.58. The molecule has 2 N–H and O–H groups in total. The molecule has 0 radical (unpaired) electrons. The predicted molar refractivity (Wildman–Crippen MR) is 73.9 cm³/mol.